The molecule has 0 fully saturated rings. The molecule has 0 aliphatic carbocycles. The second-order valence-electron chi connectivity index (χ2n) is 7.22. The highest BCUT2D eigenvalue weighted by atomic mass is 35.5. The number of nitrogens with one attached hydrogen (secondary N) is 1. The van der Waals surface area contributed by atoms with Gasteiger partial charge in [-0.1, -0.05) is 42.6 Å². The zero-order chi connectivity index (χ0) is 22.2. The maximum Gasteiger partial charge on any atom is 0.266 e. The van der Waals surface area contributed by atoms with Gasteiger partial charge in [0.2, 0.25) is 6.33 Å². The number of imidazole rings is 1. The molecule has 3 aromatic rings. The topological polar surface area (TPSA) is 47.1 Å². The molecule has 1 aromatic heterocycles. The molecular formula is C23H25Cl3FN3O2. The Morgan fingerprint density at radius 1 is 1.22 bits per heavy atom. The zero-order valence-corrected chi connectivity index (χ0v) is 19.9. The molecule has 0 spiro atoms. The lowest BCUT2D eigenvalue weighted by molar-refractivity contribution is -0.704. The Labute approximate surface area is 203 Å². The summed E-state index contributed by atoms with van der Waals surface area (Å²) in [6.07, 6.45) is 7.28. The molecule has 0 saturated heterocycles. The SMILES string of the molecule is CCCCOC(C[n+]1ccn(CC(=O)Nc2ccc(F)cc2)c1)c1ccc(Cl)cc1Cl.[Cl-]. The number of hydrogen-bond donors (Lipinski definition) is 1. The first-order chi connectivity index (χ1) is 14.9. The average molecular weight is 501 g/mol. The van der Waals surface area contributed by atoms with Crippen LogP contribution in [0.4, 0.5) is 10.1 Å². The van der Waals surface area contributed by atoms with Crippen LogP contribution in [0.15, 0.2) is 61.2 Å². The van der Waals surface area contributed by atoms with E-state index in [1.807, 2.05) is 29.4 Å². The van der Waals surface area contributed by atoms with Crippen LogP contribution in [-0.2, 0) is 22.6 Å². The highest BCUT2D eigenvalue weighted by Crippen LogP contribution is 2.29. The van der Waals surface area contributed by atoms with Crippen LogP contribution < -0.4 is 22.3 Å². The molecule has 1 N–H and O–H groups in total. The van der Waals surface area contributed by atoms with Gasteiger partial charge in [-0.15, -0.1) is 0 Å². The van der Waals surface area contributed by atoms with Gasteiger partial charge >= 0.3 is 0 Å². The number of anilines is 1. The summed E-state index contributed by atoms with van der Waals surface area (Å²) in [5, 5.41) is 3.89. The van der Waals surface area contributed by atoms with Gasteiger partial charge in [0.1, 0.15) is 30.9 Å². The lowest BCUT2D eigenvalue weighted by Gasteiger charge is -2.18. The fourth-order valence-electron chi connectivity index (χ4n) is 3.10. The minimum absolute atomic E-state index is 0. The van der Waals surface area contributed by atoms with E-state index in [1.54, 1.807) is 16.7 Å². The molecule has 0 aliphatic heterocycles. The molecule has 1 atom stereocenters. The van der Waals surface area contributed by atoms with Crippen LogP contribution in [0.2, 0.25) is 10.0 Å². The molecule has 9 heteroatoms. The van der Waals surface area contributed by atoms with Crippen LogP contribution in [0.5, 0.6) is 0 Å². The number of carbonyl (C=O) groups is 1. The second-order valence-corrected chi connectivity index (χ2v) is 8.06. The standard InChI is InChI=1S/C23H24Cl2FN3O2.ClH/c1-2-3-12-31-22(20-9-4-17(24)13-21(20)25)14-28-10-11-29(16-28)15-23(30)27-19-7-5-18(26)6-8-19;/h4-11,13,16,22H,2-3,12,14-15H2,1H3;1H. The summed E-state index contributed by atoms with van der Waals surface area (Å²) in [5.74, 6) is -0.549. The van der Waals surface area contributed by atoms with Crippen LogP contribution in [0.1, 0.15) is 31.4 Å². The van der Waals surface area contributed by atoms with Crippen LogP contribution in [0.25, 0.3) is 0 Å². The Balaban J connectivity index is 0.00000363. The average Bonchev–Trinajstić information content (AvgIpc) is 3.16. The minimum atomic E-state index is -0.346. The summed E-state index contributed by atoms with van der Waals surface area (Å²) < 4.78 is 22.8. The van der Waals surface area contributed by atoms with Gasteiger partial charge in [-0.3, -0.25) is 4.79 Å². The molecule has 0 radical (unpaired) electrons. The van der Waals surface area contributed by atoms with Gasteiger partial charge in [0.05, 0.1) is 0 Å². The Morgan fingerprint density at radius 2 is 1.97 bits per heavy atom. The molecule has 2 aromatic carbocycles. The van der Waals surface area contributed by atoms with Crippen molar-refractivity contribution in [2.75, 3.05) is 11.9 Å². The Kier molecular flexibility index (Phi) is 10.5. The van der Waals surface area contributed by atoms with E-state index >= 15 is 0 Å². The van der Waals surface area contributed by atoms with Gasteiger partial charge < -0.3 is 22.5 Å². The summed E-state index contributed by atoms with van der Waals surface area (Å²) in [7, 11) is 0. The smallest absolute Gasteiger partial charge is 0.266 e. The van der Waals surface area contributed by atoms with Crippen LogP contribution >= 0.6 is 23.2 Å². The minimum Gasteiger partial charge on any atom is -1.00 e. The van der Waals surface area contributed by atoms with E-state index in [9.17, 15) is 9.18 Å². The molecule has 172 valence electrons. The van der Waals surface area contributed by atoms with Crippen molar-refractivity contribution in [2.24, 2.45) is 0 Å². The van der Waals surface area contributed by atoms with E-state index in [-0.39, 0.29) is 36.8 Å². The first-order valence-electron chi connectivity index (χ1n) is 10.1. The highest BCUT2D eigenvalue weighted by molar-refractivity contribution is 6.35. The van der Waals surface area contributed by atoms with E-state index < -0.39 is 0 Å². The maximum atomic E-state index is 13.0. The number of hydrogen-bond acceptors (Lipinski definition) is 2. The Morgan fingerprint density at radius 3 is 2.66 bits per heavy atom. The number of benzene rings is 2. The summed E-state index contributed by atoms with van der Waals surface area (Å²) >= 11 is 12.4. The monoisotopic (exact) mass is 499 g/mol. The van der Waals surface area contributed by atoms with Crippen molar-refractivity contribution in [1.29, 1.82) is 0 Å². The second kappa shape index (κ2) is 12.8. The van der Waals surface area contributed by atoms with Crippen molar-refractivity contribution < 1.29 is 30.9 Å². The lowest BCUT2D eigenvalue weighted by Crippen LogP contribution is -3.00. The van der Waals surface area contributed by atoms with Crippen molar-refractivity contribution in [3.8, 4) is 0 Å². The Bertz CT molecular complexity index is 1010. The van der Waals surface area contributed by atoms with Crippen LogP contribution in [-0.4, -0.2) is 17.1 Å². The fraction of sp³-hybridized carbons (Fsp3) is 0.304. The van der Waals surface area contributed by atoms with Gasteiger partial charge in [-0.25, -0.2) is 13.5 Å². The lowest BCUT2D eigenvalue weighted by atomic mass is 10.1. The summed E-state index contributed by atoms with van der Waals surface area (Å²) in [6, 6.07) is 11.1. The summed E-state index contributed by atoms with van der Waals surface area (Å²) in [6.45, 7) is 3.41. The number of amides is 1. The molecular weight excluding hydrogens is 476 g/mol. The number of carbonyl (C=O) groups excluding carboxylic acids is 1. The number of nitrogens with zero attached hydrogens (tertiary/aromatic N) is 2. The van der Waals surface area contributed by atoms with Gasteiger partial charge in [0.15, 0.2) is 6.54 Å². The molecule has 0 bridgehead atoms. The predicted octanol–water partition coefficient (Wildman–Crippen LogP) is 2.42. The van der Waals surface area contributed by atoms with Crippen molar-refractivity contribution in [1.82, 2.24) is 4.57 Å². The third-order valence-electron chi connectivity index (χ3n) is 4.70. The van der Waals surface area contributed by atoms with Crippen molar-refractivity contribution in [3.05, 3.63) is 82.6 Å². The van der Waals surface area contributed by atoms with Crippen molar-refractivity contribution in [2.45, 2.75) is 39.0 Å². The van der Waals surface area contributed by atoms with E-state index in [4.69, 9.17) is 27.9 Å². The van der Waals surface area contributed by atoms with E-state index in [2.05, 4.69) is 12.2 Å². The molecule has 3 rings (SSSR count). The van der Waals surface area contributed by atoms with E-state index in [0.29, 0.717) is 28.9 Å². The molecule has 5 nitrogen and oxygen atoms in total. The first-order valence-corrected chi connectivity index (χ1v) is 10.9. The van der Waals surface area contributed by atoms with Crippen molar-refractivity contribution >= 4 is 34.8 Å². The zero-order valence-electron chi connectivity index (χ0n) is 17.6. The number of halogens is 4. The van der Waals surface area contributed by atoms with E-state index in [1.165, 1.54) is 24.3 Å². The molecule has 0 aliphatic rings. The van der Waals surface area contributed by atoms with Crippen molar-refractivity contribution in [3.63, 3.8) is 0 Å². The van der Waals surface area contributed by atoms with Crippen LogP contribution in [0, 0.1) is 5.82 Å². The highest BCUT2D eigenvalue weighted by Gasteiger charge is 2.20. The maximum absolute atomic E-state index is 13.0. The third-order valence-corrected chi connectivity index (χ3v) is 5.27. The summed E-state index contributed by atoms with van der Waals surface area (Å²) in [4.78, 5) is 12.3. The van der Waals surface area contributed by atoms with Gasteiger partial charge in [0, 0.05) is 27.9 Å². The Hall–Kier alpha value is -2.12. The fourth-order valence-corrected chi connectivity index (χ4v) is 3.63. The number of ether oxygens (including phenoxy) is 1. The van der Waals surface area contributed by atoms with Gasteiger partial charge in [0.25, 0.3) is 5.91 Å². The third kappa shape index (κ3) is 7.78. The van der Waals surface area contributed by atoms with E-state index in [0.717, 1.165) is 18.4 Å². The predicted molar refractivity (Wildman–Crippen MR) is 120 cm³/mol. The number of rotatable bonds is 10. The molecule has 1 unspecified atom stereocenters. The molecule has 0 saturated carbocycles. The molecule has 1 heterocycles. The normalized spacial score (nSPS) is 11.6. The van der Waals surface area contributed by atoms with Gasteiger partial charge in [-0.2, -0.15) is 0 Å². The molecule has 32 heavy (non-hydrogen) atoms. The largest absolute Gasteiger partial charge is 1.00 e. The molecule has 1 amide bonds. The van der Waals surface area contributed by atoms with Crippen LogP contribution in [0.3, 0.4) is 0 Å². The summed E-state index contributed by atoms with van der Waals surface area (Å²) in [5.41, 5.74) is 1.42. The number of aromatic nitrogens is 2. The van der Waals surface area contributed by atoms with Gasteiger partial charge in [-0.05, 0) is 42.8 Å². The quantitative estimate of drug-likeness (QED) is 0.343. The first kappa shape index (κ1) is 26.1. The number of unbranched alkanes of at least 4 members (excludes halogenated alkanes) is 1.